The third-order valence-electron chi connectivity index (χ3n) is 5.32. The summed E-state index contributed by atoms with van der Waals surface area (Å²) in [7, 11) is 0. The van der Waals surface area contributed by atoms with Gasteiger partial charge in [-0.2, -0.15) is 0 Å². The largest absolute Gasteiger partial charge is 0.462 e. The molecule has 0 aromatic rings. The van der Waals surface area contributed by atoms with Gasteiger partial charge in [-0.05, 0) is 50.5 Å². The van der Waals surface area contributed by atoms with Crippen molar-refractivity contribution in [2.24, 2.45) is 17.3 Å². The first kappa shape index (κ1) is 14.8. The molecule has 1 saturated heterocycles. The number of esters is 1. The van der Waals surface area contributed by atoms with E-state index in [1.54, 1.807) is 0 Å². The Balaban J connectivity index is 2.02. The minimum absolute atomic E-state index is 0.0536. The predicted octanol–water partition coefficient (Wildman–Crippen LogP) is 3.13. The molecule has 19 heavy (non-hydrogen) atoms. The summed E-state index contributed by atoms with van der Waals surface area (Å²) in [6.07, 6.45) is 7.01. The van der Waals surface area contributed by atoms with Crippen LogP contribution in [0.5, 0.6) is 0 Å². The lowest BCUT2D eigenvalue weighted by Gasteiger charge is -2.36. The van der Waals surface area contributed by atoms with Crippen molar-refractivity contribution in [1.29, 1.82) is 0 Å². The zero-order valence-electron chi connectivity index (χ0n) is 12.7. The topological polar surface area (TPSA) is 38.3 Å². The van der Waals surface area contributed by atoms with Crippen LogP contribution in [0.4, 0.5) is 0 Å². The Morgan fingerprint density at radius 2 is 2.11 bits per heavy atom. The summed E-state index contributed by atoms with van der Waals surface area (Å²) in [5.74, 6) is 0.979. The maximum atomic E-state index is 12.7. The van der Waals surface area contributed by atoms with Crippen LogP contribution in [0.1, 0.15) is 59.3 Å². The highest BCUT2D eigenvalue weighted by Gasteiger charge is 2.46. The van der Waals surface area contributed by atoms with Crippen LogP contribution in [0.3, 0.4) is 0 Å². The van der Waals surface area contributed by atoms with Crippen LogP contribution < -0.4 is 5.32 Å². The number of rotatable bonds is 4. The molecule has 0 spiro atoms. The molecule has 1 heterocycles. The molecule has 1 saturated carbocycles. The standard InChI is InChI=1S/C16H29NO2/c1-4-13-7-5-6-8-14(13)19-15(18)16(12(2)3)9-10-17-11-16/h12-14,17H,4-11H2,1-3H3. The van der Waals surface area contributed by atoms with E-state index < -0.39 is 0 Å². The van der Waals surface area contributed by atoms with Crippen molar-refractivity contribution in [2.45, 2.75) is 65.4 Å². The third-order valence-corrected chi connectivity index (χ3v) is 5.32. The molecule has 0 aromatic heterocycles. The molecule has 0 amide bonds. The molecule has 3 unspecified atom stereocenters. The molecule has 2 aliphatic rings. The number of nitrogens with one attached hydrogen (secondary N) is 1. The van der Waals surface area contributed by atoms with E-state index in [-0.39, 0.29) is 17.5 Å². The second-order valence-corrected chi connectivity index (χ2v) is 6.63. The Morgan fingerprint density at radius 1 is 1.37 bits per heavy atom. The molecule has 0 bridgehead atoms. The van der Waals surface area contributed by atoms with Crippen LogP contribution in [-0.4, -0.2) is 25.2 Å². The summed E-state index contributed by atoms with van der Waals surface area (Å²) in [6, 6.07) is 0. The summed E-state index contributed by atoms with van der Waals surface area (Å²) >= 11 is 0. The highest BCUT2D eigenvalue weighted by molar-refractivity contribution is 5.78. The minimum Gasteiger partial charge on any atom is -0.462 e. The van der Waals surface area contributed by atoms with Crippen molar-refractivity contribution in [3.8, 4) is 0 Å². The van der Waals surface area contributed by atoms with E-state index in [2.05, 4.69) is 26.1 Å². The van der Waals surface area contributed by atoms with Gasteiger partial charge in [0, 0.05) is 6.54 Å². The molecule has 0 radical (unpaired) electrons. The van der Waals surface area contributed by atoms with E-state index in [0.29, 0.717) is 11.8 Å². The number of carbonyl (C=O) groups is 1. The molecule has 0 aromatic carbocycles. The Hall–Kier alpha value is -0.570. The first-order valence-electron chi connectivity index (χ1n) is 8.02. The highest BCUT2D eigenvalue weighted by Crippen LogP contribution is 2.38. The second kappa shape index (κ2) is 6.25. The molecule has 3 heteroatoms. The van der Waals surface area contributed by atoms with Gasteiger partial charge in [0.2, 0.25) is 0 Å². The van der Waals surface area contributed by atoms with E-state index in [4.69, 9.17) is 4.74 Å². The van der Waals surface area contributed by atoms with Gasteiger partial charge in [-0.1, -0.05) is 27.2 Å². The van der Waals surface area contributed by atoms with E-state index >= 15 is 0 Å². The van der Waals surface area contributed by atoms with Gasteiger partial charge in [-0.3, -0.25) is 4.79 Å². The predicted molar refractivity (Wildman–Crippen MR) is 76.9 cm³/mol. The summed E-state index contributed by atoms with van der Waals surface area (Å²) in [5.41, 5.74) is -0.282. The highest BCUT2D eigenvalue weighted by atomic mass is 16.5. The SMILES string of the molecule is CCC1CCCCC1OC(=O)C1(C(C)C)CCNC1. The molecular formula is C16H29NO2. The molecule has 1 aliphatic carbocycles. The third kappa shape index (κ3) is 2.96. The average molecular weight is 267 g/mol. The lowest BCUT2D eigenvalue weighted by molar-refractivity contribution is -0.168. The summed E-state index contributed by atoms with van der Waals surface area (Å²) in [6.45, 7) is 8.23. The van der Waals surface area contributed by atoms with Gasteiger partial charge < -0.3 is 10.1 Å². The van der Waals surface area contributed by atoms with Crippen molar-refractivity contribution < 1.29 is 9.53 Å². The van der Waals surface area contributed by atoms with Crippen LogP contribution in [0.2, 0.25) is 0 Å². The fraction of sp³-hybridized carbons (Fsp3) is 0.938. The van der Waals surface area contributed by atoms with Crippen LogP contribution >= 0.6 is 0 Å². The Bertz CT molecular complexity index is 308. The molecule has 3 atom stereocenters. The van der Waals surface area contributed by atoms with Crippen LogP contribution in [-0.2, 0) is 9.53 Å². The molecule has 1 N–H and O–H groups in total. The van der Waals surface area contributed by atoms with Crippen molar-refractivity contribution in [2.75, 3.05) is 13.1 Å². The minimum atomic E-state index is -0.282. The molecule has 1 aliphatic heterocycles. The first-order chi connectivity index (χ1) is 9.10. The van der Waals surface area contributed by atoms with Crippen molar-refractivity contribution >= 4 is 5.97 Å². The molecule has 2 fully saturated rings. The van der Waals surface area contributed by atoms with E-state index in [1.807, 2.05) is 0 Å². The number of hydrogen-bond donors (Lipinski definition) is 1. The van der Waals surface area contributed by atoms with Gasteiger partial charge in [0.25, 0.3) is 0 Å². The number of carbonyl (C=O) groups excluding carboxylic acids is 1. The van der Waals surface area contributed by atoms with Crippen LogP contribution in [0.15, 0.2) is 0 Å². The Kier molecular flexibility index (Phi) is 4.88. The maximum absolute atomic E-state index is 12.7. The Labute approximate surface area is 117 Å². The van der Waals surface area contributed by atoms with Gasteiger partial charge in [0.05, 0.1) is 5.41 Å². The van der Waals surface area contributed by atoms with E-state index in [1.165, 1.54) is 19.3 Å². The fourth-order valence-corrected chi connectivity index (χ4v) is 3.66. The van der Waals surface area contributed by atoms with Crippen LogP contribution in [0, 0.1) is 17.3 Å². The lowest BCUT2D eigenvalue weighted by atomic mass is 9.76. The monoisotopic (exact) mass is 267 g/mol. The number of hydrogen-bond acceptors (Lipinski definition) is 3. The van der Waals surface area contributed by atoms with E-state index in [9.17, 15) is 4.79 Å². The van der Waals surface area contributed by atoms with Crippen molar-refractivity contribution in [1.82, 2.24) is 5.32 Å². The van der Waals surface area contributed by atoms with Gasteiger partial charge in [-0.25, -0.2) is 0 Å². The normalized spacial score (nSPS) is 35.6. The zero-order chi connectivity index (χ0) is 13.9. The fourth-order valence-electron chi connectivity index (χ4n) is 3.66. The quantitative estimate of drug-likeness (QED) is 0.795. The maximum Gasteiger partial charge on any atom is 0.313 e. The zero-order valence-corrected chi connectivity index (χ0v) is 12.7. The Morgan fingerprint density at radius 3 is 2.68 bits per heavy atom. The smallest absolute Gasteiger partial charge is 0.313 e. The summed E-state index contributed by atoms with van der Waals surface area (Å²) < 4.78 is 5.96. The lowest BCUT2D eigenvalue weighted by Crippen LogP contribution is -2.43. The van der Waals surface area contributed by atoms with Crippen molar-refractivity contribution in [3.05, 3.63) is 0 Å². The molecular weight excluding hydrogens is 238 g/mol. The molecule has 110 valence electrons. The summed E-state index contributed by atoms with van der Waals surface area (Å²) in [4.78, 5) is 12.7. The van der Waals surface area contributed by atoms with Gasteiger partial charge in [0.15, 0.2) is 0 Å². The van der Waals surface area contributed by atoms with Gasteiger partial charge >= 0.3 is 5.97 Å². The van der Waals surface area contributed by atoms with E-state index in [0.717, 1.165) is 32.4 Å². The van der Waals surface area contributed by atoms with Gasteiger partial charge in [0.1, 0.15) is 6.10 Å². The number of ether oxygens (including phenoxy) is 1. The average Bonchev–Trinajstić information content (AvgIpc) is 2.90. The molecule has 3 nitrogen and oxygen atoms in total. The first-order valence-corrected chi connectivity index (χ1v) is 8.02. The van der Waals surface area contributed by atoms with Crippen LogP contribution in [0.25, 0.3) is 0 Å². The second-order valence-electron chi connectivity index (χ2n) is 6.63. The van der Waals surface area contributed by atoms with Crippen molar-refractivity contribution in [3.63, 3.8) is 0 Å². The van der Waals surface area contributed by atoms with Gasteiger partial charge in [-0.15, -0.1) is 0 Å². The summed E-state index contributed by atoms with van der Waals surface area (Å²) in [5, 5.41) is 3.34. The molecule has 2 rings (SSSR count).